The highest BCUT2D eigenvalue weighted by Crippen LogP contribution is 2.21. The number of anilines is 2. The maximum Gasteiger partial charge on any atom is 0.338 e. The maximum atomic E-state index is 12.3. The van der Waals surface area contributed by atoms with Crippen molar-refractivity contribution in [2.75, 3.05) is 25.0 Å². The lowest BCUT2D eigenvalue weighted by Crippen LogP contribution is -2.44. The molecular formula is C24H23N7O2S. The molecule has 0 spiro atoms. The van der Waals surface area contributed by atoms with Crippen molar-refractivity contribution in [2.24, 2.45) is 5.92 Å². The topological polar surface area (TPSA) is 115 Å². The molecule has 1 aliphatic rings. The van der Waals surface area contributed by atoms with Gasteiger partial charge in [-0.15, -0.1) is 11.3 Å². The fourth-order valence-corrected chi connectivity index (χ4v) is 4.23. The average Bonchev–Trinajstić information content (AvgIpc) is 3.27. The summed E-state index contributed by atoms with van der Waals surface area (Å²) in [4.78, 5) is 35.6. The van der Waals surface area contributed by atoms with E-state index < -0.39 is 0 Å². The SMILES string of the molecule is Cc1cccc(-c2nccc(Nc3ccnc(Cc4cc(C(=O)OCC5CNC5)cs4)n3)n2)n1. The Bertz CT molecular complexity index is 1310. The van der Waals surface area contributed by atoms with Gasteiger partial charge in [-0.3, -0.25) is 0 Å². The van der Waals surface area contributed by atoms with E-state index in [1.807, 2.05) is 36.6 Å². The molecule has 10 heteroatoms. The van der Waals surface area contributed by atoms with Crippen LogP contribution in [0.25, 0.3) is 11.5 Å². The van der Waals surface area contributed by atoms with E-state index in [1.165, 1.54) is 11.3 Å². The van der Waals surface area contributed by atoms with Crippen LogP contribution in [-0.2, 0) is 11.2 Å². The molecular weight excluding hydrogens is 450 g/mol. The zero-order valence-electron chi connectivity index (χ0n) is 18.6. The first-order valence-corrected chi connectivity index (χ1v) is 11.8. The second-order valence-corrected chi connectivity index (χ2v) is 9.01. The summed E-state index contributed by atoms with van der Waals surface area (Å²) < 4.78 is 5.40. The number of pyridine rings is 1. The molecule has 172 valence electrons. The van der Waals surface area contributed by atoms with Crippen LogP contribution in [0.4, 0.5) is 11.6 Å². The number of carbonyl (C=O) groups is 1. The number of aromatic nitrogens is 5. The number of thiophene rings is 1. The fourth-order valence-electron chi connectivity index (χ4n) is 3.38. The number of esters is 1. The second kappa shape index (κ2) is 10.0. The molecule has 4 aromatic heterocycles. The summed E-state index contributed by atoms with van der Waals surface area (Å²) in [5.41, 5.74) is 2.18. The van der Waals surface area contributed by atoms with Crippen LogP contribution in [0.3, 0.4) is 0 Å². The standard InChI is InChI=1S/C24H23N7O2S/c1-15-3-2-4-19(28-15)23-27-8-6-21(31-23)29-20-5-7-26-22(30-20)10-18-9-17(14-34-18)24(32)33-13-16-11-25-12-16/h2-9,14,16,25H,10-13H2,1H3,(H,26,27,29,30,31). The van der Waals surface area contributed by atoms with E-state index in [4.69, 9.17) is 4.74 Å². The van der Waals surface area contributed by atoms with Gasteiger partial charge in [-0.2, -0.15) is 0 Å². The molecule has 9 nitrogen and oxygen atoms in total. The summed E-state index contributed by atoms with van der Waals surface area (Å²) in [5, 5.41) is 8.20. The molecule has 0 saturated carbocycles. The minimum atomic E-state index is -0.284. The van der Waals surface area contributed by atoms with E-state index in [9.17, 15) is 4.79 Å². The van der Waals surface area contributed by atoms with Gasteiger partial charge in [0, 0.05) is 53.8 Å². The highest BCUT2D eigenvalue weighted by Gasteiger charge is 2.19. The van der Waals surface area contributed by atoms with Gasteiger partial charge in [0.15, 0.2) is 5.82 Å². The van der Waals surface area contributed by atoms with Gasteiger partial charge in [0.1, 0.15) is 23.2 Å². The van der Waals surface area contributed by atoms with E-state index in [2.05, 4.69) is 35.6 Å². The van der Waals surface area contributed by atoms with Crippen LogP contribution in [0.2, 0.25) is 0 Å². The molecule has 0 aliphatic carbocycles. The number of rotatable bonds is 8. The summed E-state index contributed by atoms with van der Waals surface area (Å²) in [5.74, 6) is 2.55. The number of ether oxygens (including phenoxy) is 1. The fraction of sp³-hybridized carbons (Fsp3) is 0.250. The van der Waals surface area contributed by atoms with Crippen LogP contribution in [0.15, 0.2) is 54.2 Å². The Morgan fingerprint density at radius 2 is 1.94 bits per heavy atom. The minimum absolute atomic E-state index is 0.284. The monoisotopic (exact) mass is 473 g/mol. The lowest BCUT2D eigenvalue weighted by Gasteiger charge is -2.26. The molecule has 0 aromatic carbocycles. The van der Waals surface area contributed by atoms with Crippen molar-refractivity contribution in [1.82, 2.24) is 30.2 Å². The molecule has 2 N–H and O–H groups in total. The highest BCUT2D eigenvalue weighted by atomic mass is 32.1. The predicted molar refractivity (Wildman–Crippen MR) is 129 cm³/mol. The van der Waals surface area contributed by atoms with Crippen LogP contribution < -0.4 is 10.6 Å². The van der Waals surface area contributed by atoms with Crippen molar-refractivity contribution < 1.29 is 9.53 Å². The van der Waals surface area contributed by atoms with Crippen molar-refractivity contribution in [2.45, 2.75) is 13.3 Å². The van der Waals surface area contributed by atoms with Crippen molar-refractivity contribution in [1.29, 1.82) is 0 Å². The van der Waals surface area contributed by atoms with Gasteiger partial charge in [0.25, 0.3) is 0 Å². The summed E-state index contributed by atoms with van der Waals surface area (Å²) in [6.45, 7) is 4.20. The maximum absolute atomic E-state index is 12.3. The van der Waals surface area contributed by atoms with Gasteiger partial charge >= 0.3 is 5.97 Å². The van der Waals surface area contributed by atoms with Gasteiger partial charge in [-0.05, 0) is 37.3 Å². The summed E-state index contributed by atoms with van der Waals surface area (Å²) in [6.07, 6.45) is 3.90. The van der Waals surface area contributed by atoms with Gasteiger partial charge < -0.3 is 15.4 Å². The minimum Gasteiger partial charge on any atom is -0.462 e. The molecule has 1 fully saturated rings. The quantitative estimate of drug-likeness (QED) is 0.372. The first-order chi connectivity index (χ1) is 16.6. The average molecular weight is 474 g/mol. The third-order valence-corrected chi connectivity index (χ3v) is 6.21. The number of nitrogens with zero attached hydrogens (tertiary/aromatic N) is 5. The third kappa shape index (κ3) is 5.41. The Hall–Kier alpha value is -3.76. The Labute approximate surface area is 200 Å². The molecule has 1 aliphatic heterocycles. The Morgan fingerprint density at radius 3 is 2.74 bits per heavy atom. The third-order valence-electron chi connectivity index (χ3n) is 5.27. The molecule has 4 aromatic rings. The predicted octanol–water partition coefficient (Wildman–Crippen LogP) is 3.41. The largest absolute Gasteiger partial charge is 0.462 e. The number of hydrogen-bond donors (Lipinski definition) is 2. The molecule has 0 amide bonds. The molecule has 0 radical (unpaired) electrons. The first-order valence-electron chi connectivity index (χ1n) is 10.9. The van der Waals surface area contributed by atoms with Crippen LogP contribution in [0, 0.1) is 12.8 Å². The van der Waals surface area contributed by atoms with E-state index in [-0.39, 0.29) is 5.97 Å². The van der Waals surface area contributed by atoms with Crippen molar-refractivity contribution in [3.8, 4) is 11.5 Å². The summed E-state index contributed by atoms with van der Waals surface area (Å²) in [7, 11) is 0. The zero-order chi connectivity index (χ0) is 23.3. The number of aryl methyl sites for hydroxylation is 1. The molecule has 0 unspecified atom stereocenters. The van der Waals surface area contributed by atoms with E-state index in [0.29, 0.717) is 53.5 Å². The van der Waals surface area contributed by atoms with Gasteiger partial charge in [0.2, 0.25) is 0 Å². The van der Waals surface area contributed by atoms with Crippen molar-refractivity contribution >= 4 is 28.9 Å². The molecule has 34 heavy (non-hydrogen) atoms. The number of carbonyl (C=O) groups excluding carboxylic acids is 1. The van der Waals surface area contributed by atoms with E-state index in [0.717, 1.165) is 23.7 Å². The Balaban J connectivity index is 1.23. The smallest absolute Gasteiger partial charge is 0.338 e. The molecule has 0 atom stereocenters. The number of hydrogen-bond acceptors (Lipinski definition) is 10. The van der Waals surface area contributed by atoms with E-state index >= 15 is 0 Å². The second-order valence-electron chi connectivity index (χ2n) is 8.01. The van der Waals surface area contributed by atoms with Gasteiger partial charge in [0.05, 0.1) is 12.2 Å². The van der Waals surface area contributed by atoms with E-state index in [1.54, 1.807) is 24.5 Å². The molecule has 5 rings (SSSR count). The Morgan fingerprint density at radius 1 is 1.12 bits per heavy atom. The van der Waals surface area contributed by atoms with Crippen LogP contribution in [-0.4, -0.2) is 50.6 Å². The van der Waals surface area contributed by atoms with Crippen molar-refractivity contribution in [3.05, 3.63) is 76.1 Å². The van der Waals surface area contributed by atoms with Crippen LogP contribution >= 0.6 is 11.3 Å². The lowest BCUT2D eigenvalue weighted by atomic mass is 10.1. The summed E-state index contributed by atoms with van der Waals surface area (Å²) in [6, 6.07) is 11.1. The Kier molecular flexibility index (Phi) is 6.50. The van der Waals surface area contributed by atoms with Gasteiger partial charge in [-0.1, -0.05) is 6.07 Å². The van der Waals surface area contributed by atoms with Crippen molar-refractivity contribution in [3.63, 3.8) is 0 Å². The van der Waals surface area contributed by atoms with Crippen LogP contribution in [0.1, 0.15) is 26.8 Å². The first kappa shape index (κ1) is 22.1. The normalized spacial score (nSPS) is 13.3. The number of nitrogens with one attached hydrogen (secondary N) is 2. The molecule has 1 saturated heterocycles. The van der Waals surface area contributed by atoms with Gasteiger partial charge in [-0.25, -0.2) is 29.7 Å². The zero-order valence-corrected chi connectivity index (χ0v) is 19.4. The molecule has 0 bridgehead atoms. The lowest BCUT2D eigenvalue weighted by molar-refractivity contribution is 0.0398. The highest BCUT2D eigenvalue weighted by molar-refractivity contribution is 7.10. The summed E-state index contributed by atoms with van der Waals surface area (Å²) >= 11 is 1.50. The van der Waals surface area contributed by atoms with Crippen LogP contribution in [0.5, 0.6) is 0 Å². The molecule has 5 heterocycles.